The van der Waals surface area contributed by atoms with E-state index in [2.05, 4.69) is 6.07 Å². The Morgan fingerprint density at radius 3 is 2.40 bits per heavy atom. The third-order valence-electron chi connectivity index (χ3n) is 6.04. The van der Waals surface area contributed by atoms with Gasteiger partial charge in [0.25, 0.3) is 0 Å². The molecule has 0 fully saturated rings. The van der Waals surface area contributed by atoms with Crippen LogP contribution in [0.25, 0.3) is 10.8 Å². The molecule has 5 rings (SSSR count). The van der Waals surface area contributed by atoms with E-state index in [4.69, 9.17) is 10.5 Å². The summed E-state index contributed by atoms with van der Waals surface area (Å²) >= 11 is 0. The normalized spacial score (nSPS) is 21.2. The molecule has 4 nitrogen and oxygen atoms in total. The molecular formula is C26H20N2O2. The highest BCUT2D eigenvalue weighted by molar-refractivity contribution is 6.00. The third-order valence-corrected chi connectivity index (χ3v) is 6.04. The van der Waals surface area contributed by atoms with Gasteiger partial charge in [0, 0.05) is 18.4 Å². The number of hydrogen-bond acceptors (Lipinski definition) is 4. The fourth-order valence-corrected chi connectivity index (χ4v) is 4.59. The SMILES string of the molecule is N#CC1=C(N)OC2=C(C(=O)CC(c3ccccc3)C2)C1c1ccc2ccccc2c1. The van der Waals surface area contributed by atoms with E-state index in [1.165, 1.54) is 0 Å². The highest BCUT2D eigenvalue weighted by Crippen LogP contribution is 2.47. The van der Waals surface area contributed by atoms with Crippen LogP contribution in [-0.4, -0.2) is 5.78 Å². The second kappa shape index (κ2) is 7.20. The number of fused-ring (bicyclic) bond motifs is 1. The zero-order valence-corrected chi connectivity index (χ0v) is 16.3. The second-order valence-electron chi connectivity index (χ2n) is 7.81. The van der Waals surface area contributed by atoms with Gasteiger partial charge in [-0.15, -0.1) is 0 Å². The maximum Gasteiger partial charge on any atom is 0.205 e. The topological polar surface area (TPSA) is 76.1 Å². The second-order valence-corrected chi connectivity index (χ2v) is 7.81. The summed E-state index contributed by atoms with van der Waals surface area (Å²) in [6.45, 7) is 0. The van der Waals surface area contributed by atoms with Crippen molar-refractivity contribution in [2.75, 3.05) is 0 Å². The van der Waals surface area contributed by atoms with Crippen molar-refractivity contribution >= 4 is 16.6 Å². The Morgan fingerprint density at radius 1 is 0.900 bits per heavy atom. The lowest BCUT2D eigenvalue weighted by Gasteiger charge is -2.34. The van der Waals surface area contributed by atoms with Gasteiger partial charge in [0.1, 0.15) is 17.4 Å². The summed E-state index contributed by atoms with van der Waals surface area (Å²) < 4.78 is 5.85. The third kappa shape index (κ3) is 2.96. The van der Waals surface area contributed by atoms with E-state index in [1.54, 1.807) is 0 Å². The minimum atomic E-state index is -0.493. The van der Waals surface area contributed by atoms with E-state index in [1.807, 2.05) is 72.8 Å². The van der Waals surface area contributed by atoms with E-state index in [9.17, 15) is 10.1 Å². The smallest absolute Gasteiger partial charge is 0.205 e. The Balaban J connectivity index is 1.62. The predicted octanol–water partition coefficient (Wildman–Crippen LogP) is 5.05. The van der Waals surface area contributed by atoms with Gasteiger partial charge >= 0.3 is 0 Å². The Hall–Kier alpha value is -3.84. The van der Waals surface area contributed by atoms with Crippen molar-refractivity contribution in [3.63, 3.8) is 0 Å². The van der Waals surface area contributed by atoms with Crippen LogP contribution in [0.3, 0.4) is 0 Å². The average Bonchev–Trinajstić information content (AvgIpc) is 2.78. The number of nitriles is 1. The lowest BCUT2D eigenvalue weighted by Crippen LogP contribution is -2.29. The van der Waals surface area contributed by atoms with Crippen molar-refractivity contribution in [3.8, 4) is 6.07 Å². The van der Waals surface area contributed by atoms with Crippen LogP contribution >= 0.6 is 0 Å². The number of carbonyl (C=O) groups excluding carboxylic acids is 1. The van der Waals surface area contributed by atoms with Crippen LogP contribution in [0, 0.1) is 11.3 Å². The van der Waals surface area contributed by atoms with Crippen LogP contribution in [-0.2, 0) is 9.53 Å². The number of allylic oxidation sites excluding steroid dienone is 3. The number of hydrogen-bond donors (Lipinski definition) is 1. The van der Waals surface area contributed by atoms with Crippen molar-refractivity contribution < 1.29 is 9.53 Å². The summed E-state index contributed by atoms with van der Waals surface area (Å²) in [6, 6.07) is 26.3. The van der Waals surface area contributed by atoms with Gasteiger partial charge in [0.05, 0.1) is 5.92 Å². The van der Waals surface area contributed by atoms with Crippen molar-refractivity contribution in [3.05, 3.63) is 107 Å². The summed E-state index contributed by atoms with van der Waals surface area (Å²) in [5.74, 6) is 0.257. The quantitative estimate of drug-likeness (QED) is 0.662. The number of rotatable bonds is 2. The number of ether oxygens (including phenoxy) is 1. The molecule has 0 saturated heterocycles. The minimum absolute atomic E-state index is 0.0171. The number of Topliss-reactive ketones (excluding diaryl/α,β-unsaturated/α-hetero) is 1. The molecule has 2 aliphatic rings. The first kappa shape index (κ1) is 18.2. The summed E-state index contributed by atoms with van der Waals surface area (Å²) in [7, 11) is 0. The number of nitrogens with two attached hydrogens (primary N) is 1. The van der Waals surface area contributed by atoms with Crippen molar-refractivity contribution in [1.29, 1.82) is 5.26 Å². The largest absolute Gasteiger partial charge is 0.444 e. The Bertz CT molecular complexity index is 1260. The van der Waals surface area contributed by atoms with Crippen molar-refractivity contribution in [2.24, 2.45) is 5.73 Å². The molecule has 2 unspecified atom stereocenters. The van der Waals surface area contributed by atoms with E-state index >= 15 is 0 Å². The van der Waals surface area contributed by atoms with Crippen LogP contribution in [0.15, 0.2) is 95.6 Å². The molecular weight excluding hydrogens is 372 g/mol. The highest BCUT2D eigenvalue weighted by Gasteiger charge is 2.40. The van der Waals surface area contributed by atoms with E-state index < -0.39 is 5.92 Å². The Labute approximate surface area is 174 Å². The molecule has 1 heterocycles. The first-order chi connectivity index (χ1) is 14.7. The van der Waals surface area contributed by atoms with Gasteiger partial charge in [-0.3, -0.25) is 4.79 Å². The van der Waals surface area contributed by atoms with Gasteiger partial charge in [-0.25, -0.2) is 0 Å². The molecule has 0 amide bonds. The molecule has 0 bridgehead atoms. The summed E-state index contributed by atoms with van der Waals surface area (Å²) in [5, 5.41) is 12.0. The van der Waals surface area contributed by atoms with E-state index in [0.717, 1.165) is 21.9 Å². The van der Waals surface area contributed by atoms with Crippen LogP contribution in [0.2, 0.25) is 0 Å². The molecule has 146 valence electrons. The average molecular weight is 392 g/mol. The highest BCUT2D eigenvalue weighted by atomic mass is 16.5. The van der Waals surface area contributed by atoms with Crippen molar-refractivity contribution in [1.82, 2.24) is 0 Å². The summed E-state index contributed by atoms with van der Waals surface area (Å²) in [6.07, 6.45) is 0.990. The maximum absolute atomic E-state index is 13.3. The molecule has 1 aliphatic heterocycles. The summed E-state index contributed by atoms with van der Waals surface area (Å²) in [4.78, 5) is 13.3. The van der Waals surface area contributed by atoms with Gasteiger partial charge < -0.3 is 10.5 Å². The first-order valence-corrected chi connectivity index (χ1v) is 10.0. The molecule has 1 aliphatic carbocycles. The Morgan fingerprint density at radius 2 is 1.63 bits per heavy atom. The first-order valence-electron chi connectivity index (χ1n) is 10.0. The lowest BCUT2D eigenvalue weighted by molar-refractivity contribution is -0.117. The van der Waals surface area contributed by atoms with Gasteiger partial charge in [0.2, 0.25) is 5.88 Å². The molecule has 2 N–H and O–H groups in total. The van der Waals surface area contributed by atoms with Gasteiger partial charge in [0.15, 0.2) is 5.78 Å². The van der Waals surface area contributed by atoms with Crippen LogP contribution in [0.5, 0.6) is 0 Å². The minimum Gasteiger partial charge on any atom is -0.444 e. The number of carbonyl (C=O) groups is 1. The predicted molar refractivity (Wildman–Crippen MR) is 115 cm³/mol. The molecule has 0 spiro atoms. The number of ketones is 1. The van der Waals surface area contributed by atoms with Crippen LogP contribution in [0.4, 0.5) is 0 Å². The molecule has 4 heteroatoms. The van der Waals surface area contributed by atoms with Gasteiger partial charge in [-0.2, -0.15) is 5.26 Å². The monoisotopic (exact) mass is 392 g/mol. The van der Waals surface area contributed by atoms with Crippen LogP contribution < -0.4 is 5.73 Å². The fraction of sp³-hybridized carbons (Fsp3) is 0.154. The van der Waals surface area contributed by atoms with E-state index in [-0.39, 0.29) is 17.6 Å². The van der Waals surface area contributed by atoms with E-state index in [0.29, 0.717) is 29.7 Å². The zero-order valence-electron chi connectivity index (χ0n) is 16.3. The fourth-order valence-electron chi connectivity index (χ4n) is 4.59. The number of benzene rings is 3. The van der Waals surface area contributed by atoms with Crippen LogP contribution in [0.1, 0.15) is 35.8 Å². The molecule has 3 aromatic rings. The zero-order chi connectivity index (χ0) is 20.7. The Kier molecular flexibility index (Phi) is 4.37. The molecule has 0 aromatic heterocycles. The van der Waals surface area contributed by atoms with Crippen molar-refractivity contribution in [2.45, 2.75) is 24.7 Å². The standard InChI is InChI=1S/C26H20N2O2/c27-15-21-24(19-11-10-17-8-4-5-9-18(17)12-19)25-22(29)13-20(14-23(25)30-26(21)28)16-6-2-1-3-7-16/h1-12,20,24H,13-14,28H2. The molecule has 3 aromatic carbocycles. The maximum atomic E-state index is 13.3. The van der Waals surface area contributed by atoms with Gasteiger partial charge in [-0.05, 0) is 27.8 Å². The molecule has 0 radical (unpaired) electrons. The molecule has 2 atom stereocenters. The molecule has 30 heavy (non-hydrogen) atoms. The lowest BCUT2D eigenvalue weighted by atomic mass is 9.73. The molecule has 0 saturated carbocycles. The number of nitrogens with zero attached hydrogens (tertiary/aromatic N) is 1. The van der Waals surface area contributed by atoms with Gasteiger partial charge in [-0.1, -0.05) is 72.8 Å². The summed E-state index contributed by atoms with van der Waals surface area (Å²) in [5.41, 5.74) is 9.02.